The number of pyridine rings is 1. The van der Waals surface area contributed by atoms with Gasteiger partial charge in [0, 0.05) is 6.20 Å². The van der Waals surface area contributed by atoms with E-state index in [-0.39, 0.29) is 17.9 Å². The zero-order valence-electron chi connectivity index (χ0n) is 12.6. The van der Waals surface area contributed by atoms with E-state index in [0.717, 1.165) is 16.7 Å². The molecule has 0 bridgehead atoms. The number of carbonyl (C=O) groups is 1. The molecule has 0 amide bonds. The van der Waals surface area contributed by atoms with Crippen LogP contribution in [0.2, 0.25) is 0 Å². The Labute approximate surface area is 137 Å². The lowest BCUT2D eigenvalue weighted by molar-refractivity contribution is 0.0694. The van der Waals surface area contributed by atoms with Crippen molar-refractivity contribution < 1.29 is 14.3 Å². The van der Waals surface area contributed by atoms with Crippen molar-refractivity contribution >= 4 is 5.97 Å². The number of rotatable bonds is 4. The van der Waals surface area contributed by atoms with Crippen LogP contribution in [0, 0.1) is 5.82 Å². The number of hydrogen-bond donors (Lipinski definition) is 1. The molecule has 0 fully saturated rings. The smallest absolute Gasteiger partial charge is 0.341 e. The Hall–Kier alpha value is -3.21. The molecule has 0 aliphatic carbocycles. The average Bonchev–Trinajstić information content (AvgIpc) is 2.58. The number of carboxylic acids is 1. The van der Waals surface area contributed by atoms with Crippen LogP contribution < -0.4 is 5.56 Å². The van der Waals surface area contributed by atoms with Crippen LogP contribution in [0.5, 0.6) is 0 Å². The molecule has 0 atom stereocenters. The van der Waals surface area contributed by atoms with Gasteiger partial charge in [-0.3, -0.25) is 4.79 Å². The summed E-state index contributed by atoms with van der Waals surface area (Å²) in [6.45, 7) is 0.230. The van der Waals surface area contributed by atoms with E-state index in [0.29, 0.717) is 0 Å². The van der Waals surface area contributed by atoms with E-state index in [4.69, 9.17) is 5.11 Å². The predicted molar refractivity (Wildman–Crippen MR) is 88.6 cm³/mol. The summed E-state index contributed by atoms with van der Waals surface area (Å²) in [5, 5.41) is 9.07. The average molecular weight is 323 g/mol. The van der Waals surface area contributed by atoms with Crippen molar-refractivity contribution in [2.75, 3.05) is 0 Å². The highest BCUT2D eigenvalue weighted by atomic mass is 19.1. The summed E-state index contributed by atoms with van der Waals surface area (Å²) in [6.07, 6.45) is 1.55. The summed E-state index contributed by atoms with van der Waals surface area (Å²) >= 11 is 0. The molecular formula is C19H14FNO3. The second-order valence-electron chi connectivity index (χ2n) is 5.32. The van der Waals surface area contributed by atoms with Gasteiger partial charge in [0.15, 0.2) is 0 Å². The van der Waals surface area contributed by atoms with Crippen molar-refractivity contribution in [2.24, 2.45) is 0 Å². The van der Waals surface area contributed by atoms with Gasteiger partial charge in [-0.05, 0) is 41.0 Å². The molecule has 2 aromatic carbocycles. The molecule has 24 heavy (non-hydrogen) atoms. The van der Waals surface area contributed by atoms with Crippen LogP contribution in [0.25, 0.3) is 11.1 Å². The Morgan fingerprint density at radius 2 is 1.71 bits per heavy atom. The lowest BCUT2D eigenvalue weighted by Crippen LogP contribution is -2.26. The van der Waals surface area contributed by atoms with Gasteiger partial charge >= 0.3 is 5.97 Å². The summed E-state index contributed by atoms with van der Waals surface area (Å²) in [5.74, 6) is -1.57. The summed E-state index contributed by atoms with van der Waals surface area (Å²) < 4.78 is 14.5. The summed E-state index contributed by atoms with van der Waals surface area (Å²) in [4.78, 5) is 23.3. The highest BCUT2D eigenvalue weighted by Gasteiger charge is 2.12. The molecule has 3 rings (SSSR count). The second-order valence-corrected chi connectivity index (χ2v) is 5.32. The first-order valence-corrected chi connectivity index (χ1v) is 7.33. The highest BCUT2D eigenvalue weighted by Crippen LogP contribution is 2.24. The van der Waals surface area contributed by atoms with Crippen LogP contribution in [0.1, 0.15) is 15.9 Å². The van der Waals surface area contributed by atoms with Crippen molar-refractivity contribution in [3.63, 3.8) is 0 Å². The molecule has 4 nitrogen and oxygen atoms in total. The number of halogens is 1. The molecule has 0 saturated heterocycles. The van der Waals surface area contributed by atoms with Gasteiger partial charge in [0.25, 0.3) is 5.56 Å². The molecule has 0 aliphatic rings. The maximum atomic E-state index is 13.1. The Balaban J connectivity index is 2.03. The molecule has 1 aromatic heterocycles. The van der Waals surface area contributed by atoms with E-state index in [1.807, 2.05) is 24.3 Å². The van der Waals surface area contributed by atoms with Gasteiger partial charge < -0.3 is 9.67 Å². The molecule has 1 N–H and O–H groups in total. The lowest BCUT2D eigenvalue weighted by Gasteiger charge is -2.12. The fourth-order valence-corrected chi connectivity index (χ4v) is 2.58. The zero-order valence-corrected chi connectivity index (χ0v) is 12.6. The molecule has 0 unspecified atom stereocenters. The Morgan fingerprint density at radius 1 is 1.00 bits per heavy atom. The van der Waals surface area contributed by atoms with E-state index >= 15 is 0 Å². The minimum atomic E-state index is -1.25. The van der Waals surface area contributed by atoms with Crippen molar-refractivity contribution in [3.05, 3.63) is 94.2 Å². The molecule has 1 heterocycles. The first-order valence-electron chi connectivity index (χ1n) is 7.33. The Morgan fingerprint density at radius 3 is 2.42 bits per heavy atom. The van der Waals surface area contributed by atoms with E-state index < -0.39 is 11.5 Å². The van der Waals surface area contributed by atoms with Crippen LogP contribution in [0.3, 0.4) is 0 Å². The molecule has 0 aliphatic heterocycles. The Bertz CT molecular complexity index is 945. The van der Waals surface area contributed by atoms with Gasteiger partial charge in [-0.15, -0.1) is 0 Å². The van der Waals surface area contributed by atoms with E-state index in [1.165, 1.54) is 28.8 Å². The van der Waals surface area contributed by atoms with Gasteiger partial charge in [0.05, 0.1) is 6.54 Å². The standard InChI is InChI=1S/C19H14FNO3/c20-15-9-7-13(8-10-15)16-5-2-1-4-14(16)12-21-11-3-6-17(18(21)22)19(23)24/h1-11H,12H2,(H,23,24). The van der Waals surface area contributed by atoms with Gasteiger partial charge in [-0.1, -0.05) is 36.4 Å². The topological polar surface area (TPSA) is 59.3 Å². The second kappa shape index (κ2) is 6.50. The zero-order chi connectivity index (χ0) is 17.1. The molecular weight excluding hydrogens is 309 g/mol. The number of hydrogen-bond acceptors (Lipinski definition) is 2. The van der Waals surface area contributed by atoms with E-state index in [9.17, 15) is 14.0 Å². The monoisotopic (exact) mass is 323 g/mol. The fourth-order valence-electron chi connectivity index (χ4n) is 2.58. The van der Waals surface area contributed by atoms with Crippen LogP contribution in [-0.2, 0) is 6.54 Å². The molecule has 5 heteroatoms. The van der Waals surface area contributed by atoms with E-state index in [1.54, 1.807) is 18.3 Å². The largest absolute Gasteiger partial charge is 0.477 e. The van der Waals surface area contributed by atoms with Crippen LogP contribution in [0.4, 0.5) is 4.39 Å². The Kier molecular flexibility index (Phi) is 4.24. The maximum absolute atomic E-state index is 13.1. The lowest BCUT2D eigenvalue weighted by atomic mass is 9.99. The van der Waals surface area contributed by atoms with Crippen molar-refractivity contribution in [3.8, 4) is 11.1 Å². The first kappa shape index (κ1) is 15.7. The number of nitrogens with zero attached hydrogens (tertiary/aromatic N) is 1. The fraction of sp³-hybridized carbons (Fsp3) is 0.0526. The molecule has 0 saturated carbocycles. The van der Waals surface area contributed by atoms with Crippen molar-refractivity contribution in [1.29, 1.82) is 0 Å². The normalized spacial score (nSPS) is 10.5. The molecule has 3 aromatic rings. The SMILES string of the molecule is O=C(O)c1cccn(Cc2ccccc2-c2ccc(F)cc2)c1=O. The summed E-state index contributed by atoms with van der Waals surface area (Å²) in [7, 11) is 0. The number of aromatic carboxylic acids is 1. The van der Waals surface area contributed by atoms with Crippen molar-refractivity contribution in [2.45, 2.75) is 6.54 Å². The minimum Gasteiger partial charge on any atom is -0.477 e. The van der Waals surface area contributed by atoms with Gasteiger partial charge in [0.1, 0.15) is 11.4 Å². The molecule has 0 radical (unpaired) electrons. The van der Waals surface area contributed by atoms with Crippen LogP contribution in [0.15, 0.2) is 71.7 Å². The quantitative estimate of drug-likeness (QED) is 0.800. The summed E-state index contributed by atoms with van der Waals surface area (Å²) in [6, 6.07) is 16.4. The third kappa shape index (κ3) is 3.10. The predicted octanol–water partition coefficient (Wildman–Crippen LogP) is 3.40. The van der Waals surface area contributed by atoms with E-state index in [2.05, 4.69) is 0 Å². The third-order valence-corrected chi connectivity index (χ3v) is 3.76. The summed E-state index contributed by atoms with van der Waals surface area (Å²) in [5.41, 5.74) is 1.71. The van der Waals surface area contributed by atoms with Gasteiger partial charge in [-0.25, -0.2) is 9.18 Å². The number of carboxylic acid groups (broad SMARTS) is 1. The number of aromatic nitrogens is 1. The van der Waals surface area contributed by atoms with Gasteiger partial charge in [0.2, 0.25) is 0 Å². The number of benzene rings is 2. The third-order valence-electron chi connectivity index (χ3n) is 3.76. The highest BCUT2D eigenvalue weighted by molar-refractivity contribution is 5.87. The van der Waals surface area contributed by atoms with Crippen LogP contribution in [-0.4, -0.2) is 15.6 Å². The minimum absolute atomic E-state index is 0.230. The van der Waals surface area contributed by atoms with Gasteiger partial charge in [-0.2, -0.15) is 0 Å². The molecule has 120 valence electrons. The maximum Gasteiger partial charge on any atom is 0.341 e. The van der Waals surface area contributed by atoms with Crippen molar-refractivity contribution in [1.82, 2.24) is 4.57 Å². The molecule has 0 spiro atoms. The van der Waals surface area contributed by atoms with Crippen LogP contribution >= 0.6 is 0 Å². The first-order chi connectivity index (χ1) is 11.6.